The topological polar surface area (TPSA) is 74.6 Å². The van der Waals surface area contributed by atoms with E-state index in [1.54, 1.807) is 19.2 Å². The largest absolute Gasteiger partial charge is 0.454 e. The van der Waals surface area contributed by atoms with Gasteiger partial charge < -0.3 is 20.0 Å². The molecule has 1 fully saturated rings. The molecule has 2 N–H and O–H groups in total. The van der Waals surface area contributed by atoms with Gasteiger partial charge in [-0.25, -0.2) is 4.79 Å². The van der Waals surface area contributed by atoms with Gasteiger partial charge in [-0.2, -0.15) is 0 Å². The lowest BCUT2D eigenvalue weighted by Gasteiger charge is -2.33. The highest BCUT2D eigenvalue weighted by molar-refractivity contribution is 6.30. The van der Waals surface area contributed by atoms with E-state index in [9.17, 15) is 9.59 Å². The minimum atomic E-state index is -0.288. The first kappa shape index (κ1) is 18.3. The van der Waals surface area contributed by atoms with E-state index in [1.807, 2.05) is 29.2 Å². The minimum Gasteiger partial charge on any atom is -0.454 e. The Bertz CT molecular complexity index is 773. The zero-order valence-corrected chi connectivity index (χ0v) is 15.4. The molecule has 2 heterocycles. The smallest absolute Gasteiger partial charge is 0.317 e. The SMILES string of the molecule is CNC(=O)c1ccc(CNC(=O)N2CCCC(c3ccc(Cl)cc3)C2)o1. The van der Waals surface area contributed by atoms with Crippen molar-refractivity contribution in [3.8, 4) is 0 Å². The van der Waals surface area contributed by atoms with Crippen molar-refractivity contribution in [2.45, 2.75) is 25.3 Å². The van der Waals surface area contributed by atoms with Crippen molar-refractivity contribution in [2.75, 3.05) is 20.1 Å². The van der Waals surface area contributed by atoms with E-state index in [0.717, 1.165) is 19.4 Å². The zero-order valence-electron chi connectivity index (χ0n) is 14.6. The molecule has 1 aliphatic rings. The fraction of sp³-hybridized carbons (Fsp3) is 0.368. The maximum Gasteiger partial charge on any atom is 0.317 e. The molecule has 0 radical (unpaired) electrons. The first-order valence-electron chi connectivity index (χ1n) is 8.66. The summed E-state index contributed by atoms with van der Waals surface area (Å²) in [5.41, 5.74) is 1.20. The van der Waals surface area contributed by atoms with E-state index in [1.165, 1.54) is 5.56 Å². The molecule has 138 valence electrons. The summed E-state index contributed by atoms with van der Waals surface area (Å²) in [5, 5.41) is 6.08. The number of rotatable bonds is 4. The highest BCUT2D eigenvalue weighted by atomic mass is 35.5. The number of nitrogens with zero attached hydrogens (tertiary/aromatic N) is 1. The third kappa shape index (κ3) is 4.38. The fourth-order valence-electron chi connectivity index (χ4n) is 3.16. The highest BCUT2D eigenvalue weighted by Gasteiger charge is 2.24. The molecule has 1 aromatic heterocycles. The molecule has 0 bridgehead atoms. The monoisotopic (exact) mass is 375 g/mol. The van der Waals surface area contributed by atoms with Gasteiger partial charge in [-0.1, -0.05) is 23.7 Å². The lowest BCUT2D eigenvalue weighted by molar-refractivity contribution is 0.0933. The molecular formula is C19H22ClN3O3. The van der Waals surface area contributed by atoms with Gasteiger partial charge in [-0.3, -0.25) is 4.79 Å². The van der Waals surface area contributed by atoms with Gasteiger partial charge in [0.25, 0.3) is 5.91 Å². The number of piperidine rings is 1. The summed E-state index contributed by atoms with van der Waals surface area (Å²) < 4.78 is 5.42. The van der Waals surface area contributed by atoms with Crippen molar-refractivity contribution in [1.29, 1.82) is 0 Å². The molecular weight excluding hydrogens is 354 g/mol. The van der Waals surface area contributed by atoms with Crippen molar-refractivity contribution in [3.05, 3.63) is 58.5 Å². The summed E-state index contributed by atoms with van der Waals surface area (Å²) >= 11 is 5.95. The molecule has 0 saturated carbocycles. The maximum absolute atomic E-state index is 12.5. The van der Waals surface area contributed by atoms with Crippen LogP contribution in [0.1, 0.15) is 40.6 Å². The number of hydrogen-bond donors (Lipinski definition) is 2. The third-order valence-electron chi connectivity index (χ3n) is 4.58. The molecule has 1 aliphatic heterocycles. The van der Waals surface area contributed by atoms with Gasteiger partial charge in [-0.05, 0) is 42.7 Å². The van der Waals surface area contributed by atoms with Crippen molar-refractivity contribution in [3.63, 3.8) is 0 Å². The van der Waals surface area contributed by atoms with Crippen LogP contribution in [0, 0.1) is 0 Å². The van der Waals surface area contributed by atoms with Crippen LogP contribution in [0.25, 0.3) is 0 Å². The number of amides is 3. The standard InChI is InChI=1S/C19H22ClN3O3/c1-21-18(24)17-9-8-16(26-17)11-22-19(25)23-10-2-3-14(12-23)13-4-6-15(20)7-5-13/h4-9,14H,2-3,10-12H2,1H3,(H,21,24)(H,22,25). The quantitative estimate of drug-likeness (QED) is 0.860. The van der Waals surface area contributed by atoms with Gasteiger partial charge in [0.2, 0.25) is 0 Å². The number of furan rings is 1. The highest BCUT2D eigenvalue weighted by Crippen LogP contribution is 2.27. The van der Waals surface area contributed by atoms with Gasteiger partial charge in [0.05, 0.1) is 6.54 Å². The van der Waals surface area contributed by atoms with Crippen LogP contribution in [0.3, 0.4) is 0 Å². The van der Waals surface area contributed by atoms with E-state index < -0.39 is 0 Å². The average molecular weight is 376 g/mol. The van der Waals surface area contributed by atoms with Crippen LogP contribution in [0.4, 0.5) is 4.79 Å². The molecule has 0 spiro atoms. The van der Waals surface area contributed by atoms with E-state index in [-0.39, 0.29) is 24.2 Å². The third-order valence-corrected chi connectivity index (χ3v) is 4.83. The molecule has 26 heavy (non-hydrogen) atoms. The van der Waals surface area contributed by atoms with Gasteiger partial charge in [0, 0.05) is 31.1 Å². The van der Waals surface area contributed by atoms with Crippen LogP contribution >= 0.6 is 11.6 Å². The predicted molar refractivity (Wildman–Crippen MR) is 99.3 cm³/mol. The van der Waals surface area contributed by atoms with Crippen LogP contribution < -0.4 is 10.6 Å². The number of nitrogens with one attached hydrogen (secondary N) is 2. The second kappa shape index (κ2) is 8.27. The van der Waals surface area contributed by atoms with Crippen LogP contribution in [-0.2, 0) is 6.54 Å². The number of carbonyl (C=O) groups is 2. The molecule has 6 nitrogen and oxygen atoms in total. The van der Waals surface area contributed by atoms with Gasteiger partial charge in [-0.15, -0.1) is 0 Å². The minimum absolute atomic E-state index is 0.124. The Morgan fingerprint density at radius 3 is 2.73 bits per heavy atom. The molecule has 1 atom stereocenters. The molecule has 3 amide bonds. The second-order valence-corrected chi connectivity index (χ2v) is 6.78. The van der Waals surface area contributed by atoms with Crippen LogP contribution in [-0.4, -0.2) is 37.0 Å². The summed E-state index contributed by atoms with van der Waals surface area (Å²) in [6.45, 7) is 1.66. The van der Waals surface area contributed by atoms with E-state index in [2.05, 4.69) is 10.6 Å². The van der Waals surface area contributed by atoms with E-state index in [4.69, 9.17) is 16.0 Å². The van der Waals surface area contributed by atoms with E-state index in [0.29, 0.717) is 23.2 Å². The first-order chi connectivity index (χ1) is 12.6. The molecule has 2 aromatic rings. The predicted octanol–water partition coefficient (Wildman–Crippen LogP) is 3.38. The summed E-state index contributed by atoms with van der Waals surface area (Å²) in [6, 6.07) is 11.0. The Morgan fingerprint density at radius 2 is 2.00 bits per heavy atom. The molecule has 1 unspecified atom stereocenters. The van der Waals surface area contributed by atoms with E-state index >= 15 is 0 Å². The van der Waals surface area contributed by atoms with Crippen LogP contribution in [0.2, 0.25) is 5.02 Å². The Morgan fingerprint density at radius 1 is 1.23 bits per heavy atom. The van der Waals surface area contributed by atoms with Crippen molar-refractivity contribution >= 4 is 23.5 Å². The van der Waals surface area contributed by atoms with Gasteiger partial charge in [0.15, 0.2) is 5.76 Å². The number of carbonyl (C=O) groups excluding carboxylic acids is 2. The Kier molecular flexibility index (Phi) is 5.83. The summed E-state index contributed by atoms with van der Waals surface area (Å²) in [6.07, 6.45) is 2.02. The van der Waals surface area contributed by atoms with Gasteiger partial charge >= 0.3 is 6.03 Å². The zero-order chi connectivity index (χ0) is 18.5. The number of urea groups is 1. The normalized spacial score (nSPS) is 17.0. The summed E-state index contributed by atoms with van der Waals surface area (Å²) in [4.78, 5) is 25.8. The lowest BCUT2D eigenvalue weighted by Crippen LogP contribution is -2.44. The van der Waals surface area contributed by atoms with Crippen LogP contribution in [0.15, 0.2) is 40.8 Å². The van der Waals surface area contributed by atoms with Crippen molar-refractivity contribution in [1.82, 2.24) is 15.5 Å². The lowest BCUT2D eigenvalue weighted by atomic mass is 9.91. The number of benzene rings is 1. The summed E-state index contributed by atoms with van der Waals surface area (Å²) in [7, 11) is 1.54. The average Bonchev–Trinajstić information content (AvgIpc) is 3.15. The molecule has 1 saturated heterocycles. The van der Waals surface area contributed by atoms with Crippen molar-refractivity contribution in [2.24, 2.45) is 0 Å². The van der Waals surface area contributed by atoms with Crippen LogP contribution in [0.5, 0.6) is 0 Å². The Labute approximate surface area is 157 Å². The Balaban J connectivity index is 1.55. The molecule has 1 aromatic carbocycles. The Hall–Kier alpha value is -2.47. The first-order valence-corrected chi connectivity index (χ1v) is 9.03. The number of halogens is 1. The fourth-order valence-corrected chi connectivity index (χ4v) is 3.29. The number of hydrogen-bond acceptors (Lipinski definition) is 3. The maximum atomic E-state index is 12.5. The molecule has 0 aliphatic carbocycles. The van der Waals surface area contributed by atoms with Crippen molar-refractivity contribution < 1.29 is 14.0 Å². The van der Waals surface area contributed by atoms with Gasteiger partial charge in [0.1, 0.15) is 5.76 Å². The summed E-state index contributed by atoms with van der Waals surface area (Å²) in [5.74, 6) is 0.806. The second-order valence-electron chi connectivity index (χ2n) is 6.34. The number of likely N-dealkylation sites (tertiary alicyclic amines) is 1. The molecule has 3 rings (SSSR count). The molecule has 7 heteroatoms.